The van der Waals surface area contributed by atoms with Crippen LogP contribution in [0.1, 0.15) is 30.9 Å². The third-order valence-electron chi connectivity index (χ3n) is 4.63. The Hall–Kier alpha value is -1.22. The van der Waals surface area contributed by atoms with Gasteiger partial charge < -0.3 is 14.6 Å². The van der Waals surface area contributed by atoms with Gasteiger partial charge in [-0.15, -0.1) is 0 Å². The monoisotopic (exact) mass is 246 g/mol. The number of fused-ring (bicyclic) bond motifs is 2. The van der Waals surface area contributed by atoms with Gasteiger partial charge in [0.25, 0.3) is 0 Å². The summed E-state index contributed by atoms with van der Waals surface area (Å²) in [7, 11) is 0. The van der Waals surface area contributed by atoms with Crippen molar-refractivity contribution in [2.24, 2.45) is 17.8 Å². The molecule has 0 saturated heterocycles. The van der Waals surface area contributed by atoms with E-state index in [1.165, 1.54) is 19.3 Å². The summed E-state index contributed by atoms with van der Waals surface area (Å²) in [5, 5.41) is 10.5. The minimum atomic E-state index is -0.339. The van der Waals surface area contributed by atoms with E-state index < -0.39 is 0 Å². The number of rotatable bonds is 2. The molecule has 2 fully saturated rings. The Kier molecular flexibility index (Phi) is 2.31. The Morgan fingerprint density at radius 3 is 2.50 bits per heavy atom. The molecule has 0 amide bonds. The molecular weight excluding hydrogens is 228 g/mol. The molecular formula is C15H18O3. The van der Waals surface area contributed by atoms with E-state index in [0.717, 1.165) is 28.9 Å². The van der Waals surface area contributed by atoms with Crippen molar-refractivity contribution in [3.8, 4) is 11.5 Å². The third-order valence-corrected chi connectivity index (χ3v) is 4.63. The first-order chi connectivity index (χ1) is 8.81. The van der Waals surface area contributed by atoms with E-state index in [9.17, 15) is 5.11 Å². The lowest BCUT2D eigenvalue weighted by Gasteiger charge is -2.23. The SMILES string of the molecule is OC(c1ccc2c(c1)OCCO2)C1CC2CC2C1. The summed E-state index contributed by atoms with van der Waals surface area (Å²) >= 11 is 0. The quantitative estimate of drug-likeness (QED) is 0.871. The molecule has 3 aliphatic rings. The topological polar surface area (TPSA) is 38.7 Å². The highest BCUT2D eigenvalue weighted by molar-refractivity contribution is 5.44. The average Bonchev–Trinajstić information content (AvgIpc) is 3.04. The molecule has 3 heteroatoms. The van der Waals surface area contributed by atoms with E-state index in [1.807, 2.05) is 18.2 Å². The first kappa shape index (κ1) is 10.7. The van der Waals surface area contributed by atoms with E-state index in [0.29, 0.717) is 19.1 Å². The molecule has 1 aromatic carbocycles. The second-order valence-electron chi connectivity index (χ2n) is 5.84. The molecule has 3 nitrogen and oxygen atoms in total. The van der Waals surface area contributed by atoms with Crippen molar-refractivity contribution in [3.63, 3.8) is 0 Å². The summed E-state index contributed by atoms with van der Waals surface area (Å²) in [6, 6.07) is 5.84. The highest BCUT2D eigenvalue weighted by Gasteiger charge is 2.47. The van der Waals surface area contributed by atoms with Gasteiger partial charge in [0.15, 0.2) is 11.5 Å². The summed E-state index contributed by atoms with van der Waals surface area (Å²) in [4.78, 5) is 0. The van der Waals surface area contributed by atoms with E-state index in [2.05, 4.69) is 0 Å². The summed E-state index contributed by atoms with van der Waals surface area (Å²) in [5.41, 5.74) is 0.977. The molecule has 0 spiro atoms. The van der Waals surface area contributed by atoms with Gasteiger partial charge in [0.2, 0.25) is 0 Å². The highest BCUT2D eigenvalue weighted by atomic mass is 16.6. The van der Waals surface area contributed by atoms with Gasteiger partial charge in [-0.25, -0.2) is 0 Å². The van der Waals surface area contributed by atoms with Crippen LogP contribution in [0.5, 0.6) is 11.5 Å². The lowest BCUT2D eigenvalue weighted by atomic mass is 9.91. The second kappa shape index (κ2) is 3.89. The zero-order valence-electron chi connectivity index (χ0n) is 10.3. The Morgan fingerprint density at radius 2 is 1.72 bits per heavy atom. The zero-order valence-corrected chi connectivity index (χ0v) is 10.3. The van der Waals surface area contributed by atoms with Crippen LogP contribution in [0, 0.1) is 17.8 Å². The van der Waals surface area contributed by atoms with Gasteiger partial charge in [0, 0.05) is 0 Å². The van der Waals surface area contributed by atoms with E-state index in [4.69, 9.17) is 9.47 Å². The molecule has 1 heterocycles. The van der Waals surface area contributed by atoms with Crippen LogP contribution < -0.4 is 9.47 Å². The predicted octanol–water partition coefficient (Wildman–Crippen LogP) is 2.54. The molecule has 1 N–H and O–H groups in total. The summed E-state index contributed by atoms with van der Waals surface area (Å²) in [5.74, 6) is 3.83. The Balaban J connectivity index is 1.56. The summed E-state index contributed by atoms with van der Waals surface area (Å²) in [6.45, 7) is 1.21. The van der Waals surface area contributed by atoms with E-state index in [1.54, 1.807) is 0 Å². The van der Waals surface area contributed by atoms with Crippen LogP contribution >= 0.6 is 0 Å². The van der Waals surface area contributed by atoms with Crippen LogP contribution in [-0.4, -0.2) is 18.3 Å². The zero-order chi connectivity index (χ0) is 12.1. The maximum absolute atomic E-state index is 10.5. The van der Waals surface area contributed by atoms with Crippen molar-refractivity contribution >= 4 is 0 Å². The maximum atomic E-state index is 10.5. The first-order valence-corrected chi connectivity index (χ1v) is 6.89. The first-order valence-electron chi connectivity index (χ1n) is 6.89. The number of hydrogen-bond donors (Lipinski definition) is 1. The van der Waals surface area contributed by atoms with Crippen LogP contribution in [-0.2, 0) is 0 Å². The number of hydrogen-bond acceptors (Lipinski definition) is 3. The lowest BCUT2D eigenvalue weighted by molar-refractivity contribution is 0.103. The van der Waals surface area contributed by atoms with Crippen molar-refractivity contribution in [2.45, 2.75) is 25.4 Å². The molecule has 0 bridgehead atoms. The predicted molar refractivity (Wildman–Crippen MR) is 66.7 cm³/mol. The van der Waals surface area contributed by atoms with Gasteiger partial charge in [-0.05, 0) is 54.7 Å². The molecule has 3 atom stereocenters. The van der Waals surface area contributed by atoms with Gasteiger partial charge >= 0.3 is 0 Å². The second-order valence-corrected chi connectivity index (χ2v) is 5.84. The molecule has 1 aromatic rings. The fraction of sp³-hybridized carbons (Fsp3) is 0.600. The number of ether oxygens (including phenoxy) is 2. The van der Waals surface area contributed by atoms with E-state index >= 15 is 0 Å². The van der Waals surface area contributed by atoms with Crippen molar-refractivity contribution in [3.05, 3.63) is 23.8 Å². The summed E-state index contributed by atoms with van der Waals surface area (Å²) < 4.78 is 11.1. The van der Waals surface area contributed by atoms with Crippen LogP contribution in [0.15, 0.2) is 18.2 Å². The minimum absolute atomic E-state index is 0.339. The van der Waals surface area contributed by atoms with Crippen LogP contribution in [0.4, 0.5) is 0 Å². The molecule has 1 aliphatic heterocycles. The summed E-state index contributed by atoms with van der Waals surface area (Å²) in [6.07, 6.45) is 3.44. The largest absolute Gasteiger partial charge is 0.486 e. The van der Waals surface area contributed by atoms with Crippen molar-refractivity contribution in [1.29, 1.82) is 0 Å². The number of aliphatic hydroxyl groups excluding tert-OH is 1. The van der Waals surface area contributed by atoms with Crippen molar-refractivity contribution < 1.29 is 14.6 Å². The van der Waals surface area contributed by atoms with Crippen LogP contribution in [0.3, 0.4) is 0 Å². The molecule has 96 valence electrons. The van der Waals surface area contributed by atoms with Gasteiger partial charge in [-0.3, -0.25) is 0 Å². The van der Waals surface area contributed by atoms with Gasteiger partial charge in [-0.1, -0.05) is 6.07 Å². The molecule has 2 saturated carbocycles. The molecule has 4 rings (SSSR count). The van der Waals surface area contributed by atoms with E-state index in [-0.39, 0.29) is 6.10 Å². The highest BCUT2D eigenvalue weighted by Crippen LogP contribution is 2.57. The van der Waals surface area contributed by atoms with Gasteiger partial charge in [-0.2, -0.15) is 0 Å². The van der Waals surface area contributed by atoms with Gasteiger partial charge in [0.05, 0.1) is 6.10 Å². The molecule has 0 radical (unpaired) electrons. The smallest absolute Gasteiger partial charge is 0.161 e. The normalized spacial score (nSPS) is 33.9. The van der Waals surface area contributed by atoms with Crippen LogP contribution in [0.2, 0.25) is 0 Å². The molecule has 3 unspecified atom stereocenters. The van der Waals surface area contributed by atoms with Crippen LogP contribution in [0.25, 0.3) is 0 Å². The molecule has 2 aliphatic carbocycles. The Bertz CT molecular complexity index is 461. The van der Waals surface area contributed by atoms with Gasteiger partial charge in [0.1, 0.15) is 13.2 Å². The molecule has 18 heavy (non-hydrogen) atoms. The number of aliphatic hydroxyl groups is 1. The molecule has 0 aromatic heterocycles. The Labute approximate surface area is 107 Å². The maximum Gasteiger partial charge on any atom is 0.161 e. The average molecular weight is 246 g/mol. The number of benzene rings is 1. The Morgan fingerprint density at radius 1 is 1.00 bits per heavy atom. The standard InChI is InChI=1S/C15H18O3/c16-15(12-6-10-5-11(10)7-12)9-1-2-13-14(8-9)18-4-3-17-13/h1-2,8,10-12,15-16H,3-7H2. The lowest BCUT2D eigenvalue weighted by Crippen LogP contribution is -2.16. The third kappa shape index (κ3) is 1.69. The van der Waals surface area contributed by atoms with Crippen molar-refractivity contribution in [2.75, 3.05) is 13.2 Å². The van der Waals surface area contributed by atoms with Crippen molar-refractivity contribution in [1.82, 2.24) is 0 Å². The fourth-order valence-electron chi connectivity index (χ4n) is 3.54. The minimum Gasteiger partial charge on any atom is -0.486 e. The fourth-order valence-corrected chi connectivity index (χ4v) is 3.54.